The fourth-order valence-corrected chi connectivity index (χ4v) is 2.83. The van der Waals surface area contributed by atoms with Crippen molar-refractivity contribution < 1.29 is 0 Å². The summed E-state index contributed by atoms with van der Waals surface area (Å²) in [6.07, 6.45) is 0. The third-order valence-corrected chi connectivity index (χ3v) is 3.70. The van der Waals surface area contributed by atoms with E-state index >= 15 is 0 Å². The minimum Gasteiger partial charge on any atom is -0.341 e. The summed E-state index contributed by atoms with van der Waals surface area (Å²) >= 11 is 3.68. The molecule has 1 aromatic carbocycles. The van der Waals surface area contributed by atoms with E-state index in [0.717, 1.165) is 19.6 Å². The van der Waals surface area contributed by atoms with Gasteiger partial charge < -0.3 is 9.88 Å². The Hall–Kier alpha value is -0.800. The molecule has 1 aliphatic rings. The van der Waals surface area contributed by atoms with Crippen molar-refractivity contribution in [3.05, 3.63) is 34.4 Å². The van der Waals surface area contributed by atoms with Crippen LogP contribution in [-0.2, 0) is 13.1 Å². The van der Waals surface area contributed by atoms with Gasteiger partial charge in [0.15, 0.2) is 0 Å². The lowest BCUT2D eigenvalue weighted by Crippen LogP contribution is -2.27. The minimum atomic E-state index is 0.968. The lowest BCUT2D eigenvalue weighted by Gasteiger charge is -2.17. The van der Waals surface area contributed by atoms with E-state index in [4.69, 9.17) is 0 Å². The van der Waals surface area contributed by atoms with Gasteiger partial charge in [0.05, 0.1) is 0 Å². The highest BCUT2D eigenvalue weighted by molar-refractivity contribution is 9.10. The van der Waals surface area contributed by atoms with Crippen LogP contribution in [0.15, 0.2) is 28.7 Å². The summed E-state index contributed by atoms with van der Waals surface area (Å²) in [6.45, 7) is 3.11. The number of nitrogens with zero attached hydrogens (tertiary/aromatic N) is 1. The average Bonchev–Trinajstić information content (AvgIpc) is 2.55. The summed E-state index contributed by atoms with van der Waals surface area (Å²) in [5.41, 5.74) is 2.72. The summed E-state index contributed by atoms with van der Waals surface area (Å²) in [7, 11) is 0. The molecule has 14 heavy (non-hydrogen) atoms. The monoisotopic (exact) mass is 250 g/mol. The van der Waals surface area contributed by atoms with Gasteiger partial charge in [0.1, 0.15) is 0 Å². The molecule has 2 nitrogen and oxygen atoms in total. The van der Waals surface area contributed by atoms with Gasteiger partial charge in [0.2, 0.25) is 0 Å². The van der Waals surface area contributed by atoms with Crippen LogP contribution in [0.3, 0.4) is 0 Å². The van der Waals surface area contributed by atoms with Gasteiger partial charge in [-0.15, -0.1) is 0 Å². The summed E-state index contributed by atoms with van der Waals surface area (Å²) < 4.78 is 3.65. The zero-order valence-electron chi connectivity index (χ0n) is 7.76. The van der Waals surface area contributed by atoms with Gasteiger partial charge in [-0.1, -0.05) is 18.2 Å². The third kappa shape index (κ3) is 1.06. The number of benzene rings is 1. The van der Waals surface area contributed by atoms with Gasteiger partial charge in [-0.3, -0.25) is 0 Å². The van der Waals surface area contributed by atoms with Crippen LogP contribution in [0.2, 0.25) is 0 Å². The van der Waals surface area contributed by atoms with Crippen LogP contribution in [-0.4, -0.2) is 11.1 Å². The molecule has 0 bridgehead atoms. The zero-order chi connectivity index (χ0) is 9.54. The number of nitrogens with one attached hydrogen (secondary N) is 1. The van der Waals surface area contributed by atoms with Gasteiger partial charge >= 0.3 is 0 Å². The molecule has 1 aliphatic heterocycles. The molecule has 0 unspecified atom stereocenters. The molecule has 3 rings (SSSR count). The molecule has 0 atom stereocenters. The first-order valence-corrected chi connectivity index (χ1v) is 5.63. The van der Waals surface area contributed by atoms with Gasteiger partial charge in [0.25, 0.3) is 0 Å². The number of aromatic nitrogens is 1. The molecule has 0 fully saturated rings. The molecular weight excluding hydrogens is 240 g/mol. The first-order chi connectivity index (χ1) is 6.88. The number of para-hydroxylation sites is 1. The number of halogens is 1. The van der Waals surface area contributed by atoms with Crippen LogP contribution < -0.4 is 5.32 Å². The normalized spacial score (nSPS) is 15.8. The molecule has 2 heterocycles. The Morgan fingerprint density at radius 3 is 3.07 bits per heavy atom. The molecule has 0 radical (unpaired) electrons. The molecule has 0 saturated heterocycles. The lowest BCUT2D eigenvalue weighted by molar-refractivity contribution is 0.525. The van der Waals surface area contributed by atoms with E-state index in [-0.39, 0.29) is 0 Å². The van der Waals surface area contributed by atoms with Gasteiger partial charge in [-0.25, -0.2) is 0 Å². The smallest absolute Gasteiger partial charge is 0.0495 e. The van der Waals surface area contributed by atoms with Gasteiger partial charge in [0, 0.05) is 40.7 Å². The predicted molar refractivity (Wildman–Crippen MR) is 61.3 cm³/mol. The second-order valence-electron chi connectivity index (χ2n) is 3.61. The van der Waals surface area contributed by atoms with Crippen molar-refractivity contribution in [3.63, 3.8) is 0 Å². The molecule has 0 aliphatic carbocycles. The van der Waals surface area contributed by atoms with Crippen LogP contribution in [0.4, 0.5) is 0 Å². The third-order valence-electron chi connectivity index (χ3n) is 2.82. The van der Waals surface area contributed by atoms with Crippen molar-refractivity contribution in [2.45, 2.75) is 13.1 Å². The van der Waals surface area contributed by atoms with E-state index in [1.165, 1.54) is 21.1 Å². The second-order valence-corrected chi connectivity index (χ2v) is 4.40. The van der Waals surface area contributed by atoms with Crippen LogP contribution in [0.25, 0.3) is 10.9 Å². The Kier molecular flexibility index (Phi) is 1.89. The fraction of sp³-hybridized carbons (Fsp3) is 0.273. The highest BCUT2D eigenvalue weighted by Crippen LogP contribution is 2.31. The maximum Gasteiger partial charge on any atom is 0.0495 e. The molecular formula is C11H11BrN2. The molecule has 2 aromatic rings. The molecule has 0 amide bonds. The average molecular weight is 251 g/mol. The number of hydrogen-bond acceptors (Lipinski definition) is 1. The molecule has 1 N–H and O–H groups in total. The van der Waals surface area contributed by atoms with E-state index in [9.17, 15) is 0 Å². The summed E-state index contributed by atoms with van der Waals surface area (Å²) in [5, 5.41) is 4.72. The van der Waals surface area contributed by atoms with Crippen molar-refractivity contribution >= 4 is 26.8 Å². The first kappa shape index (κ1) is 8.50. The summed E-state index contributed by atoms with van der Waals surface area (Å²) in [4.78, 5) is 0. The molecule has 72 valence electrons. The van der Waals surface area contributed by atoms with Crippen LogP contribution in [0.5, 0.6) is 0 Å². The Balaban J connectivity index is 2.41. The van der Waals surface area contributed by atoms with Gasteiger partial charge in [-0.05, 0) is 22.0 Å². The Bertz CT molecular complexity index is 487. The minimum absolute atomic E-state index is 0.968. The molecule has 0 spiro atoms. The summed E-state index contributed by atoms with van der Waals surface area (Å²) in [5.74, 6) is 0. The second kappa shape index (κ2) is 3.11. The topological polar surface area (TPSA) is 17.0 Å². The highest BCUT2D eigenvalue weighted by atomic mass is 79.9. The standard InChI is InChI=1S/C11H11BrN2/c12-11-8-3-1-2-4-9(8)14-6-5-13-7-10(11)14/h1-4,13H,5-7H2. The van der Waals surface area contributed by atoms with Crippen LogP contribution in [0, 0.1) is 0 Å². The van der Waals surface area contributed by atoms with Crippen molar-refractivity contribution in [1.29, 1.82) is 0 Å². The predicted octanol–water partition coefficient (Wildman–Crippen LogP) is 2.51. The van der Waals surface area contributed by atoms with E-state index in [1.54, 1.807) is 0 Å². The maximum atomic E-state index is 3.68. The molecule has 0 saturated carbocycles. The fourth-order valence-electron chi connectivity index (χ4n) is 2.14. The lowest BCUT2D eigenvalue weighted by atomic mass is 10.2. The zero-order valence-corrected chi connectivity index (χ0v) is 9.34. The quantitative estimate of drug-likeness (QED) is 0.761. The van der Waals surface area contributed by atoms with Crippen molar-refractivity contribution in [1.82, 2.24) is 9.88 Å². The van der Waals surface area contributed by atoms with Crippen molar-refractivity contribution in [3.8, 4) is 0 Å². The Morgan fingerprint density at radius 1 is 1.29 bits per heavy atom. The molecule has 3 heteroatoms. The van der Waals surface area contributed by atoms with Crippen LogP contribution in [0.1, 0.15) is 5.69 Å². The number of hydrogen-bond donors (Lipinski definition) is 1. The largest absolute Gasteiger partial charge is 0.341 e. The highest BCUT2D eigenvalue weighted by Gasteiger charge is 2.16. The van der Waals surface area contributed by atoms with Crippen molar-refractivity contribution in [2.24, 2.45) is 0 Å². The van der Waals surface area contributed by atoms with E-state index in [1.807, 2.05) is 0 Å². The number of rotatable bonds is 0. The SMILES string of the molecule is Brc1c2n(c3ccccc13)CCNC2. The van der Waals surface area contributed by atoms with Crippen LogP contribution >= 0.6 is 15.9 Å². The Labute approximate surface area is 91.0 Å². The van der Waals surface area contributed by atoms with E-state index in [2.05, 4.69) is 50.1 Å². The number of fused-ring (bicyclic) bond motifs is 3. The van der Waals surface area contributed by atoms with Crippen molar-refractivity contribution in [2.75, 3.05) is 6.54 Å². The first-order valence-electron chi connectivity index (χ1n) is 4.84. The summed E-state index contributed by atoms with van der Waals surface area (Å²) in [6, 6.07) is 8.55. The van der Waals surface area contributed by atoms with E-state index in [0.29, 0.717) is 0 Å². The molecule has 1 aromatic heterocycles. The Morgan fingerprint density at radius 2 is 2.14 bits per heavy atom. The van der Waals surface area contributed by atoms with Gasteiger partial charge in [-0.2, -0.15) is 0 Å². The maximum absolute atomic E-state index is 3.68. The van der Waals surface area contributed by atoms with E-state index < -0.39 is 0 Å².